The van der Waals surface area contributed by atoms with Gasteiger partial charge in [0.1, 0.15) is 11.4 Å². The van der Waals surface area contributed by atoms with Gasteiger partial charge in [-0.05, 0) is 37.5 Å². The third-order valence-corrected chi connectivity index (χ3v) is 6.41. The van der Waals surface area contributed by atoms with Crippen LogP contribution in [0.5, 0.6) is 11.5 Å². The van der Waals surface area contributed by atoms with Gasteiger partial charge in [-0.1, -0.05) is 24.4 Å². The van der Waals surface area contributed by atoms with Crippen molar-refractivity contribution in [1.29, 1.82) is 0 Å². The summed E-state index contributed by atoms with van der Waals surface area (Å²) in [5.41, 5.74) is -0.728. The molecule has 2 aromatic carbocycles. The molecule has 0 N–H and O–H groups in total. The SMILES string of the molecule is COc1ccc(C2(Oc3c(F)c(F)c(F)c(F)c3F)CC3CCC(C2)N3C(C)=S)cc1. The van der Waals surface area contributed by atoms with Crippen molar-refractivity contribution in [3.05, 3.63) is 58.9 Å². The molecule has 0 saturated carbocycles. The van der Waals surface area contributed by atoms with Crippen LogP contribution in [0.15, 0.2) is 24.3 Å². The van der Waals surface area contributed by atoms with Crippen LogP contribution in [0.2, 0.25) is 0 Å². The first kappa shape index (κ1) is 21.8. The summed E-state index contributed by atoms with van der Waals surface area (Å²) >= 11 is 5.36. The number of halogens is 5. The van der Waals surface area contributed by atoms with E-state index in [4.69, 9.17) is 21.7 Å². The molecule has 2 aliphatic rings. The van der Waals surface area contributed by atoms with Crippen molar-refractivity contribution in [1.82, 2.24) is 4.90 Å². The lowest BCUT2D eigenvalue weighted by atomic mass is 9.80. The molecule has 0 radical (unpaired) electrons. The quantitative estimate of drug-likeness (QED) is 0.256. The lowest BCUT2D eigenvalue weighted by Gasteiger charge is -2.47. The largest absolute Gasteiger partial charge is 0.497 e. The monoisotopic (exact) mass is 457 g/mol. The van der Waals surface area contributed by atoms with Crippen LogP contribution in [-0.2, 0) is 5.60 Å². The normalized spacial score (nSPS) is 24.9. The first-order valence-corrected chi connectivity index (χ1v) is 10.2. The van der Waals surface area contributed by atoms with Crippen molar-refractivity contribution >= 4 is 17.2 Å². The van der Waals surface area contributed by atoms with E-state index in [2.05, 4.69) is 4.90 Å². The molecule has 2 saturated heterocycles. The maximum absolute atomic E-state index is 14.5. The first-order chi connectivity index (χ1) is 14.7. The van der Waals surface area contributed by atoms with Crippen LogP contribution in [0.3, 0.4) is 0 Å². The van der Waals surface area contributed by atoms with Crippen LogP contribution in [0.4, 0.5) is 22.0 Å². The van der Waals surface area contributed by atoms with Crippen LogP contribution < -0.4 is 9.47 Å². The Morgan fingerprint density at radius 2 is 1.39 bits per heavy atom. The van der Waals surface area contributed by atoms with Gasteiger partial charge in [-0.2, -0.15) is 8.78 Å². The maximum Gasteiger partial charge on any atom is 0.207 e. The second-order valence-corrected chi connectivity index (χ2v) is 8.53. The second kappa shape index (κ2) is 7.93. The van der Waals surface area contributed by atoms with Crippen molar-refractivity contribution in [3.8, 4) is 11.5 Å². The van der Waals surface area contributed by atoms with Crippen LogP contribution in [-0.4, -0.2) is 29.1 Å². The van der Waals surface area contributed by atoms with Crippen LogP contribution >= 0.6 is 12.2 Å². The predicted molar refractivity (Wildman–Crippen MR) is 108 cm³/mol. The fourth-order valence-electron chi connectivity index (χ4n) is 4.86. The van der Waals surface area contributed by atoms with E-state index in [1.165, 1.54) is 7.11 Å². The number of hydrogen-bond donors (Lipinski definition) is 0. The molecule has 2 aliphatic heterocycles. The third kappa shape index (κ3) is 3.52. The summed E-state index contributed by atoms with van der Waals surface area (Å²) < 4.78 is 81.1. The van der Waals surface area contributed by atoms with Gasteiger partial charge in [0.15, 0.2) is 5.75 Å². The Labute approximate surface area is 181 Å². The minimum atomic E-state index is -2.22. The van der Waals surface area contributed by atoms with Gasteiger partial charge in [-0.25, -0.2) is 13.2 Å². The maximum atomic E-state index is 14.5. The lowest BCUT2D eigenvalue weighted by molar-refractivity contribution is -0.0211. The topological polar surface area (TPSA) is 21.7 Å². The molecule has 3 nitrogen and oxygen atoms in total. The van der Waals surface area contributed by atoms with Gasteiger partial charge in [0.25, 0.3) is 0 Å². The van der Waals surface area contributed by atoms with E-state index >= 15 is 0 Å². The average molecular weight is 457 g/mol. The molecule has 166 valence electrons. The Kier molecular flexibility index (Phi) is 5.57. The molecule has 9 heteroatoms. The molecule has 2 unspecified atom stereocenters. The number of fused-ring (bicyclic) bond motifs is 2. The van der Waals surface area contributed by atoms with Gasteiger partial charge in [0, 0.05) is 24.9 Å². The van der Waals surface area contributed by atoms with Gasteiger partial charge in [-0.15, -0.1) is 0 Å². The minimum Gasteiger partial charge on any atom is -0.497 e. The van der Waals surface area contributed by atoms with Crippen LogP contribution in [0, 0.1) is 29.1 Å². The van der Waals surface area contributed by atoms with E-state index in [1.807, 2.05) is 6.92 Å². The summed E-state index contributed by atoms with van der Waals surface area (Å²) in [4.78, 5) is 2.78. The van der Waals surface area contributed by atoms with Gasteiger partial charge in [0.05, 0.1) is 12.1 Å². The number of benzene rings is 2. The Morgan fingerprint density at radius 3 is 1.84 bits per heavy atom. The lowest BCUT2D eigenvalue weighted by Crippen LogP contribution is -2.53. The van der Waals surface area contributed by atoms with Crippen LogP contribution in [0.25, 0.3) is 0 Å². The Morgan fingerprint density at radius 1 is 0.903 bits per heavy atom. The van der Waals surface area contributed by atoms with Gasteiger partial charge < -0.3 is 14.4 Å². The standard InChI is InChI=1S/C22H20F5NO2S/c1-11(31)28-13-5-6-14(28)10-22(9-13,12-3-7-15(29-2)8-4-12)30-21-19(26)17(24)16(23)18(25)20(21)27/h3-4,7-8,13-14H,5-6,9-10H2,1-2H3. The number of ether oxygens (including phenoxy) is 2. The van der Waals surface area contributed by atoms with Crippen molar-refractivity contribution in [2.24, 2.45) is 0 Å². The Balaban J connectivity index is 1.83. The average Bonchev–Trinajstić information content (AvgIpc) is 3.06. The highest BCUT2D eigenvalue weighted by atomic mass is 32.1. The summed E-state index contributed by atoms with van der Waals surface area (Å²) in [6.45, 7) is 1.81. The molecule has 2 heterocycles. The minimum absolute atomic E-state index is 0.0698. The molecule has 0 aromatic heterocycles. The van der Waals surface area contributed by atoms with E-state index < -0.39 is 40.4 Å². The molecule has 0 amide bonds. The van der Waals surface area contributed by atoms with Crippen LogP contribution in [0.1, 0.15) is 38.2 Å². The van der Waals surface area contributed by atoms with Crippen molar-refractivity contribution in [2.45, 2.75) is 50.3 Å². The van der Waals surface area contributed by atoms with E-state index in [1.54, 1.807) is 24.3 Å². The number of hydrogen-bond acceptors (Lipinski definition) is 3. The summed E-state index contributed by atoms with van der Waals surface area (Å²) in [5, 5.41) is 0. The molecule has 31 heavy (non-hydrogen) atoms. The fraction of sp³-hybridized carbons (Fsp3) is 0.409. The molecular formula is C22H20F5NO2S. The number of piperidine rings is 1. The highest BCUT2D eigenvalue weighted by molar-refractivity contribution is 7.80. The summed E-state index contributed by atoms with van der Waals surface area (Å²) in [6.07, 6.45) is 2.14. The highest BCUT2D eigenvalue weighted by Crippen LogP contribution is 2.49. The number of methoxy groups -OCH3 is 1. The summed E-state index contributed by atoms with van der Waals surface area (Å²) in [5.74, 6) is -10.9. The van der Waals surface area contributed by atoms with E-state index in [9.17, 15) is 22.0 Å². The fourth-order valence-corrected chi connectivity index (χ4v) is 5.16. The van der Waals surface area contributed by atoms with Crippen molar-refractivity contribution in [2.75, 3.05) is 7.11 Å². The zero-order valence-electron chi connectivity index (χ0n) is 16.9. The van der Waals surface area contributed by atoms with Crippen molar-refractivity contribution in [3.63, 3.8) is 0 Å². The molecular weight excluding hydrogens is 437 g/mol. The highest BCUT2D eigenvalue weighted by Gasteiger charge is 2.52. The molecule has 0 aliphatic carbocycles. The zero-order chi connectivity index (χ0) is 22.5. The molecule has 2 aromatic rings. The molecule has 2 atom stereocenters. The van der Waals surface area contributed by atoms with Gasteiger partial charge in [0.2, 0.25) is 29.1 Å². The molecule has 2 fully saturated rings. The van der Waals surface area contributed by atoms with E-state index in [0.717, 1.165) is 12.8 Å². The summed E-state index contributed by atoms with van der Waals surface area (Å²) in [7, 11) is 1.50. The summed E-state index contributed by atoms with van der Waals surface area (Å²) in [6, 6.07) is 6.56. The molecule has 2 bridgehead atoms. The van der Waals surface area contributed by atoms with E-state index in [0.29, 0.717) is 16.3 Å². The third-order valence-electron chi connectivity index (χ3n) is 6.20. The Bertz CT molecular complexity index is 987. The van der Waals surface area contributed by atoms with Gasteiger partial charge >= 0.3 is 0 Å². The smallest absolute Gasteiger partial charge is 0.207 e. The number of rotatable bonds is 4. The number of nitrogens with zero attached hydrogens (tertiary/aromatic N) is 1. The number of thiocarbonyl (C=S) groups is 1. The second-order valence-electron chi connectivity index (χ2n) is 7.94. The first-order valence-electron chi connectivity index (χ1n) is 9.82. The van der Waals surface area contributed by atoms with E-state index in [-0.39, 0.29) is 24.9 Å². The molecule has 4 rings (SSSR count). The predicted octanol–water partition coefficient (Wildman–Crippen LogP) is 5.64. The van der Waals surface area contributed by atoms with Crippen molar-refractivity contribution < 1.29 is 31.4 Å². The zero-order valence-corrected chi connectivity index (χ0v) is 17.7. The van der Waals surface area contributed by atoms with Gasteiger partial charge in [-0.3, -0.25) is 0 Å². The Hall–Kier alpha value is -2.42. The molecule has 0 spiro atoms.